The molecule has 3 fully saturated rings. The summed E-state index contributed by atoms with van der Waals surface area (Å²) in [7, 11) is 0. The first-order chi connectivity index (χ1) is 10.6. The molecule has 0 bridgehead atoms. The molecule has 130 valence electrons. The molecule has 0 aromatic rings. The smallest absolute Gasteiger partial charge is 0.252 e. The van der Waals surface area contributed by atoms with Gasteiger partial charge in [-0.1, -0.05) is 0 Å². The molecule has 5 atom stereocenters. The zero-order chi connectivity index (χ0) is 17.0. The number of aliphatic carboxylic acids is 1. The Bertz CT molecular complexity index is 519. The molecule has 9 nitrogen and oxygen atoms in total. The second-order valence-electron chi connectivity index (χ2n) is 6.68. The summed E-state index contributed by atoms with van der Waals surface area (Å²) in [5.74, 6) is -3.82. The summed E-state index contributed by atoms with van der Waals surface area (Å²) in [5, 5.41) is 12.8. The molecule has 0 spiro atoms. The molecule has 3 rings (SSSR count). The number of rotatable bonds is 3. The molecule has 1 amide bonds. The molecule has 3 aliphatic heterocycles. The zero-order valence-corrected chi connectivity index (χ0v) is 13.4. The van der Waals surface area contributed by atoms with Crippen LogP contribution in [0.5, 0.6) is 0 Å². The number of fused-ring (bicyclic) bond motifs is 3. The van der Waals surface area contributed by atoms with Gasteiger partial charge in [0.2, 0.25) is 0 Å². The van der Waals surface area contributed by atoms with Crippen molar-refractivity contribution in [2.75, 3.05) is 6.54 Å². The fourth-order valence-corrected chi connectivity index (χ4v) is 3.08. The number of carboxylic acids is 1. The van der Waals surface area contributed by atoms with Gasteiger partial charge in [-0.15, -0.1) is 0 Å². The monoisotopic (exact) mass is 330 g/mol. The summed E-state index contributed by atoms with van der Waals surface area (Å²) in [5.41, 5.74) is 0. The maximum Gasteiger partial charge on any atom is 0.252 e. The van der Waals surface area contributed by atoms with E-state index in [-0.39, 0.29) is 0 Å². The van der Waals surface area contributed by atoms with E-state index in [1.54, 1.807) is 27.7 Å². The summed E-state index contributed by atoms with van der Waals surface area (Å²) in [4.78, 5) is 22.8. The largest absolute Gasteiger partial charge is 0.548 e. The van der Waals surface area contributed by atoms with Crippen LogP contribution >= 0.6 is 0 Å². The Hall–Kier alpha value is -1.26. The number of carbonyl (C=O) groups is 2. The maximum absolute atomic E-state index is 12.2. The standard InChI is InChI=1S/C14H21NO8/c1-13(2)20-7-8(21-13)10-12(23-14(3,4)22-10)19-9(7)11(18)15-5-6(16)17/h7-10,12H,5H2,1-4H3,(H,15,18)(H,16,17)/p-1/t7-,8+,9-,10-,12+/m1/s1. The summed E-state index contributed by atoms with van der Waals surface area (Å²) in [6.45, 7) is 6.29. The van der Waals surface area contributed by atoms with E-state index in [4.69, 9.17) is 23.7 Å². The third kappa shape index (κ3) is 3.20. The van der Waals surface area contributed by atoms with E-state index < -0.39 is 60.7 Å². The quantitative estimate of drug-likeness (QED) is 0.648. The van der Waals surface area contributed by atoms with Crippen molar-refractivity contribution in [2.24, 2.45) is 0 Å². The number of ether oxygens (including phenoxy) is 5. The molecule has 1 N–H and O–H groups in total. The van der Waals surface area contributed by atoms with Gasteiger partial charge in [-0.05, 0) is 27.7 Å². The highest BCUT2D eigenvalue weighted by atomic mass is 16.9. The van der Waals surface area contributed by atoms with Crippen molar-refractivity contribution in [1.29, 1.82) is 0 Å². The van der Waals surface area contributed by atoms with Gasteiger partial charge < -0.3 is 38.9 Å². The fraction of sp³-hybridized carbons (Fsp3) is 0.857. The highest BCUT2D eigenvalue weighted by Gasteiger charge is 2.62. The minimum atomic E-state index is -1.39. The molecule has 0 saturated carbocycles. The zero-order valence-electron chi connectivity index (χ0n) is 13.4. The number of amides is 1. The number of hydrogen-bond acceptors (Lipinski definition) is 8. The molecular weight excluding hydrogens is 310 g/mol. The van der Waals surface area contributed by atoms with Crippen molar-refractivity contribution in [2.45, 2.75) is 70.0 Å². The molecular formula is C14H20NO8-. The normalized spacial score (nSPS) is 40.3. The third-order valence-electron chi connectivity index (χ3n) is 3.82. The fourth-order valence-electron chi connectivity index (χ4n) is 3.08. The van der Waals surface area contributed by atoms with Crippen LogP contribution in [-0.2, 0) is 33.3 Å². The van der Waals surface area contributed by atoms with Crippen LogP contribution in [0, 0.1) is 0 Å². The van der Waals surface area contributed by atoms with E-state index in [1.807, 2.05) is 0 Å². The Balaban J connectivity index is 1.81. The molecule has 0 radical (unpaired) electrons. The number of carboxylic acid groups (broad SMARTS) is 1. The second kappa shape index (κ2) is 5.38. The predicted molar refractivity (Wildman–Crippen MR) is 70.5 cm³/mol. The number of hydrogen-bond donors (Lipinski definition) is 1. The lowest BCUT2D eigenvalue weighted by Gasteiger charge is -2.36. The van der Waals surface area contributed by atoms with Crippen molar-refractivity contribution in [3.8, 4) is 0 Å². The minimum Gasteiger partial charge on any atom is -0.548 e. The van der Waals surface area contributed by atoms with Crippen molar-refractivity contribution in [1.82, 2.24) is 5.32 Å². The topological polar surface area (TPSA) is 115 Å². The van der Waals surface area contributed by atoms with E-state index in [0.717, 1.165) is 0 Å². The van der Waals surface area contributed by atoms with Crippen molar-refractivity contribution in [3.63, 3.8) is 0 Å². The summed E-state index contributed by atoms with van der Waals surface area (Å²) < 4.78 is 28.7. The molecule has 3 saturated heterocycles. The van der Waals surface area contributed by atoms with Gasteiger partial charge in [-0.2, -0.15) is 0 Å². The van der Waals surface area contributed by atoms with Crippen LogP contribution in [0.1, 0.15) is 27.7 Å². The molecule has 0 aliphatic carbocycles. The molecule has 0 aromatic heterocycles. The van der Waals surface area contributed by atoms with Crippen LogP contribution in [0.2, 0.25) is 0 Å². The van der Waals surface area contributed by atoms with Gasteiger partial charge in [-0.25, -0.2) is 0 Å². The lowest BCUT2D eigenvalue weighted by molar-refractivity contribution is -0.304. The van der Waals surface area contributed by atoms with Gasteiger partial charge >= 0.3 is 0 Å². The summed E-state index contributed by atoms with van der Waals surface area (Å²) in [6, 6.07) is 0. The summed E-state index contributed by atoms with van der Waals surface area (Å²) >= 11 is 0. The van der Waals surface area contributed by atoms with Crippen LogP contribution in [0.4, 0.5) is 0 Å². The Morgan fingerprint density at radius 1 is 0.957 bits per heavy atom. The lowest BCUT2D eigenvalue weighted by atomic mass is 9.98. The SMILES string of the molecule is CC1(C)O[C@H]2[C@@H](O1)[C@H](C(=O)NCC(=O)[O-])O[C@H]1OC(C)(C)O[C@@H]12. The maximum atomic E-state index is 12.2. The molecule has 9 heteroatoms. The average Bonchev–Trinajstić information content (AvgIpc) is 2.89. The van der Waals surface area contributed by atoms with E-state index in [2.05, 4.69) is 5.32 Å². The van der Waals surface area contributed by atoms with E-state index in [9.17, 15) is 14.7 Å². The molecule has 3 heterocycles. The lowest BCUT2D eigenvalue weighted by Crippen LogP contribution is -2.60. The van der Waals surface area contributed by atoms with Gasteiger partial charge in [0.25, 0.3) is 5.91 Å². The first kappa shape index (κ1) is 16.6. The predicted octanol–water partition coefficient (Wildman–Crippen LogP) is -1.75. The summed E-state index contributed by atoms with van der Waals surface area (Å²) in [6.07, 6.45) is -3.71. The van der Waals surface area contributed by atoms with Crippen molar-refractivity contribution in [3.05, 3.63) is 0 Å². The highest BCUT2D eigenvalue weighted by Crippen LogP contribution is 2.44. The number of nitrogens with one attached hydrogen (secondary N) is 1. The minimum absolute atomic E-state index is 0.540. The van der Waals surface area contributed by atoms with E-state index in [0.29, 0.717) is 0 Å². The van der Waals surface area contributed by atoms with Gasteiger partial charge in [0, 0.05) is 0 Å². The third-order valence-corrected chi connectivity index (χ3v) is 3.82. The molecule has 3 aliphatic rings. The Labute approximate surface area is 133 Å². The number of carbonyl (C=O) groups excluding carboxylic acids is 2. The average molecular weight is 330 g/mol. The van der Waals surface area contributed by atoms with Crippen LogP contribution in [0.25, 0.3) is 0 Å². The highest BCUT2D eigenvalue weighted by molar-refractivity contribution is 5.84. The Morgan fingerprint density at radius 3 is 2.17 bits per heavy atom. The molecule has 0 aromatic carbocycles. The van der Waals surface area contributed by atoms with E-state index in [1.165, 1.54) is 0 Å². The van der Waals surface area contributed by atoms with Gasteiger partial charge in [0.15, 0.2) is 24.0 Å². The van der Waals surface area contributed by atoms with Crippen molar-refractivity contribution >= 4 is 11.9 Å². The molecule has 0 unspecified atom stereocenters. The second-order valence-corrected chi connectivity index (χ2v) is 6.68. The van der Waals surface area contributed by atoms with Crippen molar-refractivity contribution < 1.29 is 38.4 Å². The van der Waals surface area contributed by atoms with Crippen LogP contribution in [0.3, 0.4) is 0 Å². The van der Waals surface area contributed by atoms with Crippen LogP contribution in [0.15, 0.2) is 0 Å². The van der Waals surface area contributed by atoms with Gasteiger partial charge in [0.05, 0.1) is 12.5 Å². The Kier molecular flexibility index (Phi) is 3.88. The first-order valence-electron chi connectivity index (χ1n) is 7.42. The molecule has 23 heavy (non-hydrogen) atoms. The van der Waals surface area contributed by atoms with E-state index >= 15 is 0 Å². The first-order valence-corrected chi connectivity index (χ1v) is 7.42. The van der Waals surface area contributed by atoms with Crippen LogP contribution < -0.4 is 10.4 Å². The van der Waals surface area contributed by atoms with Crippen LogP contribution in [-0.4, -0.2) is 60.7 Å². The Morgan fingerprint density at radius 2 is 1.52 bits per heavy atom. The van der Waals surface area contributed by atoms with Gasteiger partial charge in [0.1, 0.15) is 18.3 Å². The van der Waals surface area contributed by atoms with Gasteiger partial charge in [-0.3, -0.25) is 4.79 Å².